The van der Waals surface area contributed by atoms with E-state index in [0.29, 0.717) is 10.8 Å². The van der Waals surface area contributed by atoms with Crippen LogP contribution in [0.3, 0.4) is 0 Å². The Morgan fingerprint density at radius 3 is 2.58 bits per heavy atom. The summed E-state index contributed by atoms with van der Waals surface area (Å²) in [6.45, 7) is 8.01. The molecule has 0 atom stereocenters. The summed E-state index contributed by atoms with van der Waals surface area (Å²) < 4.78 is 1.09. The standard InChI is InChI=1S/C18H20N4OS/c1-4-22(5-2)13-7-9-14(16(23)11-13)20-21-18-19-15-8-6-12(3)10-17(15)24-18/h6-11,23H,4-5H2,1-3H3. The maximum Gasteiger partial charge on any atom is 0.231 e. The maximum absolute atomic E-state index is 10.2. The molecular formula is C18H20N4OS. The van der Waals surface area contributed by atoms with Gasteiger partial charge in [-0.15, -0.1) is 10.2 Å². The molecule has 0 amide bonds. The van der Waals surface area contributed by atoms with Crippen LogP contribution in [-0.4, -0.2) is 23.2 Å². The van der Waals surface area contributed by atoms with Gasteiger partial charge in [0.05, 0.1) is 10.2 Å². The van der Waals surface area contributed by atoms with E-state index in [1.54, 1.807) is 12.1 Å². The van der Waals surface area contributed by atoms with Crippen LogP contribution in [0.1, 0.15) is 19.4 Å². The zero-order valence-corrected chi connectivity index (χ0v) is 14.8. The summed E-state index contributed by atoms with van der Waals surface area (Å²) in [6, 6.07) is 11.6. The summed E-state index contributed by atoms with van der Waals surface area (Å²) in [4.78, 5) is 6.60. The first-order valence-electron chi connectivity index (χ1n) is 7.97. The number of nitrogens with zero attached hydrogens (tertiary/aromatic N) is 4. The van der Waals surface area contributed by atoms with E-state index in [-0.39, 0.29) is 5.75 Å². The lowest BCUT2D eigenvalue weighted by Crippen LogP contribution is -2.21. The number of fused-ring (bicyclic) bond motifs is 1. The van der Waals surface area contributed by atoms with Crippen molar-refractivity contribution >= 4 is 38.1 Å². The molecule has 0 fully saturated rings. The third kappa shape index (κ3) is 3.38. The molecule has 2 aromatic carbocycles. The molecule has 0 saturated heterocycles. The van der Waals surface area contributed by atoms with Gasteiger partial charge < -0.3 is 10.0 Å². The fourth-order valence-electron chi connectivity index (χ4n) is 2.54. The predicted octanol–water partition coefficient (Wildman–Crippen LogP) is 5.57. The first kappa shape index (κ1) is 16.4. The molecule has 24 heavy (non-hydrogen) atoms. The van der Waals surface area contributed by atoms with Gasteiger partial charge in [-0.25, -0.2) is 4.98 Å². The highest BCUT2D eigenvalue weighted by Gasteiger charge is 2.07. The predicted molar refractivity (Wildman–Crippen MR) is 100 cm³/mol. The van der Waals surface area contributed by atoms with E-state index in [1.807, 2.05) is 18.2 Å². The number of benzene rings is 2. The average Bonchev–Trinajstić information content (AvgIpc) is 2.97. The molecule has 6 heteroatoms. The molecule has 0 unspecified atom stereocenters. The van der Waals surface area contributed by atoms with Gasteiger partial charge in [0.25, 0.3) is 0 Å². The summed E-state index contributed by atoms with van der Waals surface area (Å²) in [5.41, 5.74) is 3.54. The highest BCUT2D eigenvalue weighted by Crippen LogP contribution is 2.34. The van der Waals surface area contributed by atoms with Gasteiger partial charge in [-0.3, -0.25) is 0 Å². The SMILES string of the molecule is CCN(CC)c1ccc(N=Nc2nc3ccc(C)cc3s2)c(O)c1. The van der Waals surface area contributed by atoms with Gasteiger partial charge in [0.1, 0.15) is 11.4 Å². The molecule has 1 heterocycles. The highest BCUT2D eigenvalue weighted by atomic mass is 32.1. The van der Waals surface area contributed by atoms with Gasteiger partial charge in [-0.1, -0.05) is 17.4 Å². The molecule has 0 bridgehead atoms. The number of phenolic OH excluding ortho intramolecular Hbond substituents is 1. The van der Waals surface area contributed by atoms with Crippen molar-refractivity contribution in [1.29, 1.82) is 0 Å². The summed E-state index contributed by atoms with van der Waals surface area (Å²) in [5.74, 6) is 0.125. The van der Waals surface area contributed by atoms with Crippen LogP contribution in [0, 0.1) is 6.92 Å². The van der Waals surface area contributed by atoms with E-state index in [9.17, 15) is 5.11 Å². The fraction of sp³-hybridized carbons (Fsp3) is 0.278. The van der Waals surface area contributed by atoms with E-state index in [1.165, 1.54) is 16.9 Å². The molecule has 0 aliphatic carbocycles. The second-order valence-corrected chi connectivity index (χ2v) is 6.52. The number of aromatic nitrogens is 1. The van der Waals surface area contributed by atoms with Crippen molar-refractivity contribution in [3.05, 3.63) is 42.0 Å². The first-order chi connectivity index (χ1) is 11.6. The smallest absolute Gasteiger partial charge is 0.231 e. The third-order valence-electron chi connectivity index (χ3n) is 3.86. The highest BCUT2D eigenvalue weighted by molar-refractivity contribution is 7.21. The van der Waals surface area contributed by atoms with Crippen LogP contribution in [0.5, 0.6) is 5.75 Å². The molecular weight excluding hydrogens is 320 g/mol. The Bertz CT molecular complexity index is 884. The zero-order chi connectivity index (χ0) is 17.1. The Kier molecular flexibility index (Phi) is 4.76. The summed E-state index contributed by atoms with van der Waals surface area (Å²) in [5, 5.41) is 19.1. The van der Waals surface area contributed by atoms with Crippen LogP contribution < -0.4 is 4.90 Å². The van der Waals surface area contributed by atoms with Gasteiger partial charge in [-0.05, 0) is 50.6 Å². The molecule has 0 aliphatic rings. The second-order valence-electron chi connectivity index (χ2n) is 5.51. The van der Waals surface area contributed by atoms with Crippen molar-refractivity contribution in [2.45, 2.75) is 20.8 Å². The van der Waals surface area contributed by atoms with E-state index < -0.39 is 0 Å². The number of phenols is 1. The molecule has 3 rings (SSSR count). The molecule has 0 spiro atoms. The molecule has 1 aromatic heterocycles. The van der Waals surface area contributed by atoms with Gasteiger partial charge in [0.2, 0.25) is 5.13 Å². The number of thiazole rings is 1. The average molecular weight is 340 g/mol. The second kappa shape index (κ2) is 6.97. The summed E-state index contributed by atoms with van der Waals surface area (Å²) in [7, 11) is 0. The van der Waals surface area contributed by atoms with Gasteiger partial charge in [0.15, 0.2) is 0 Å². The minimum absolute atomic E-state index is 0.125. The molecule has 124 valence electrons. The van der Waals surface area contributed by atoms with Crippen LogP contribution in [0.4, 0.5) is 16.5 Å². The Morgan fingerprint density at radius 1 is 1.08 bits per heavy atom. The minimum atomic E-state index is 0.125. The minimum Gasteiger partial charge on any atom is -0.506 e. The number of aromatic hydroxyl groups is 1. The molecule has 3 aromatic rings. The molecule has 0 saturated carbocycles. The van der Waals surface area contributed by atoms with E-state index in [4.69, 9.17) is 0 Å². The van der Waals surface area contributed by atoms with Gasteiger partial charge in [0, 0.05) is 24.8 Å². The van der Waals surface area contributed by atoms with Crippen LogP contribution in [0.2, 0.25) is 0 Å². The number of azo groups is 1. The molecule has 1 N–H and O–H groups in total. The van der Waals surface area contributed by atoms with Crippen molar-refractivity contribution in [3.8, 4) is 5.75 Å². The molecule has 0 radical (unpaired) electrons. The Labute approximate surface area is 145 Å². The fourth-order valence-corrected chi connectivity index (χ4v) is 3.43. The van der Waals surface area contributed by atoms with Crippen molar-refractivity contribution < 1.29 is 5.11 Å². The Morgan fingerprint density at radius 2 is 1.88 bits per heavy atom. The van der Waals surface area contributed by atoms with Crippen molar-refractivity contribution in [1.82, 2.24) is 4.98 Å². The summed E-state index contributed by atoms with van der Waals surface area (Å²) in [6.07, 6.45) is 0. The van der Waals surface area contributed by atoms with E-state index in [2.05, 4.69) is 46.9 Å². The number of hydrogen-bond donors (Lipinski definition) is 1. The number of aryl methyl sites for hydroxylation is 1. The lowest BCUT2D eigenvalue weighted by Gasteiger charge is -2.21. The zero-order valence-electron chi connectivity index (χ0n) is 14.0. The normalized spacial score (nSPS) is 11.5. The topological polar surface area (TPSA) is 61.1 Å². The molecule has 5 nitrogen and oxygen atoms in total. The Hall–Kier alpha value is -2.47. The number of hydrogen-bond acceptors (Lipinski definition) is 6. The van der Waals surface area contributed by atoms with Crippen molar-refractivity contribution in [2.75, 3.05) is 18.0 Å². The van der Waals surface area contributed by atoms with Crippen molar-refractivity contribution in [3.63, 3.8) is 0 Å². The summed E-state index contributed by atoms with van der Waals surface area (Å²) >= 11 is 1.49. The first-order valence-corrected chi connectivity index (χ1v) is 8.79. The van der Waals surface area contributed by atoms with Crippen molar-refractivity contribution in [2.24, 2.45) is 10.2 Å². The Balaban J connectivity index is 1.85. The lowest BCUT2D eigenvalue weighted by atomic mass is 10.2. The quantitative estimate of drug-likeness (QED) is 0.617. The molecule has 0 aliphatic heterocycles. The monoisotopic (exact) mass is 340 g/mol. The maximum atomic E-state index is 10.2. The van der Waals surface area contributed by atoms with E-state index in [0.717, 1.165) is 29.0 Å². The number of rotatable bonds is 5. The largest absolute Gasteiger partial charge is 0.506 e. The van der Waals surface area contributed by atoms with Crippen LogP contribution in [0.25, 0.3) is 10.2 Å². The number of anilines is 1. The van der Waals surface area contributed by atoms with E-state index >= 15 is 0 Å². The van der Waals surface area contributed by atoms with Crippen LogP contribution >= 0.6 is 11.3 Å². The third-order valence-corrected chi connectivity index (χ3v) is 4.77. The van der Waals surface area contributed by atoms with Gasteiger partial charge >= 0.3 is 0 Å². The van der Waals surface area contributed by atoms with Crippen LogP contribution in [0.15, 0.2) is 46.6 Å². The van der Waals surface area contributed by atoms with Crippen LogP contribution in [-0.2, 0) is 0 Å². The lowest BCUT2D eigenvalue weighted by molar-refractivity contribution is 0.476. The van der Waals surface area contributed by atoms with Gasteiger partial charge in [-0.2, -0.15) is 0 Å².